The summed E-state index contributed by atoms with van der Waals surface area (Å²) in [4.78, 5) is 0. The van der Waals surface area contributed by atoms with Gasteiger partial charge in [-0.2, -0.15) is 26.3 Å². The highest BCUT2D eigenvalue weighted by Gasteiger charge is 2.48. The molecule has 4 aromatic rings. The van der Waals surface area contributed by atoms with Crippen molar-refractivity contribution in [2.45, 2.75) is 12.4 Å². The molecule has 0 atom stereocenters. The van der Waals surface area contributed by atoms with E-state index in [2.05, 4.69) is 0 Å². The van der Waals surface area contributed by atoms with Crippen LogP contribution in [0, 0.1) is 0 Å². The summed E-state index contributed by atoms with van der Waals surface area (Å²) in [6, 6.07) is 28.3. The summed E-state index contributed by atoms with van der Waals surface area (Å²) in [7, 11) is -2.78. The van der Waals surface area contributed by atoms with Crippen LogP contribution in [0.1, 0.15) is 11.1 Å². The molecule has 0 aromatic heterocycles. The number of halogens is 7. The van der Waals surface area contributed by atoms with E-state index in [1.807, 2.05) is 60.7 Å². The van der Waals surface area contributed by atoms with E-state index >= 15 is 0 Å². The van der Waals surface area contributed by atoms with E-state index in [4.69, 9.17) is 0 Å². The Morgan fingerprint density at radius 2 is 0.647 bits per heavy atom. The smallest absolute Gasteiger partial charge is 0.416 e. The van der Waals surface area contributed by atoms with Crippen molar-refractivity contribution in [1.29, 1.82) is 0 Å². The van der Waals surface area contributed by atoms with Gasteiger partial charge in [-0.1, -0.05) is 36.4 Å². The minimum Gasteiger partial charge on any atom is -1.00 e. The first kappa shape index (κ1) is 26.2. The molecule has 0 aliphatic carbocycles. The maximum atomic E-state index is 13.2. The zero-order chi connectivity index (χ0) is 23.7. The number of hydrogen-bond acceptors (Lipinski definition) is 0. The van der Waals surface area contributed by atoms with Gasteiger partial charge in [0.15, 0.2) is 0 Å². The van der Waals surface area contributed by atoms with Crippen molar-refractivity contribution in [2.75, 3.05) is 0 Å². The Balaban J connectivity index is 0.00000324. The maximum absolute atomic E-state index is 13.2. The summed E-state index contributed by atoms with van der Waals surface area (Å²) in [6.45, 7) is 0. The zero-order valence-electron chi connectivity index (χ0n) is 17.5. The van der Waals surface area contributed by atoms with E-state index in [1.165, 1.54) is 24.3 Å². The Labute approximate surface area is 211 Å². The van der Waals surface area contributed by atoms with Gasteiger partial charge in [-0.05, 0) is 72.8 Å². The van der Waals surface area contributed by atoms with Gasteiger partial charge >= 0.3 is 12.4 Å². The van der Waals surface area contributed by atoms with Gasteiger partial charge in [0.1, 0.15) is 28.5 Å². The fourth-order valence-electron chi connectivity index (χ4n) is 3.95. The Morgan fingerprint density at radius 1 is 0.382 bits per heavy atom. The predicted octanol–water partition coefficient (Wildman–Crippen LogP) is 3.35. The molecule has 0 aliphatic heterocycles. The lowest BCUT2D eigenvalue weighted by atomic mass is 10.2. The third-order valence-electron chi connectivity index (χ3n) is 5.45. The Morgan fingerprint density at radius 3 is 0.912 bits per heavy atom. The normalized spacial score (nSPS) is 12.2. The zero-order valence-corrected chi connectivity index (χ0v) is 20.5. The van der Waals surface area contributed by atoms with Crippen LogP contribution in [-0.4, -0.2) is 0 Å². The quantitative estimate of drug-likeness (QED) is 0.191. The third-order valence-corrected chi connectivity index (χ3v) is 9.74. The summed E-state index contributed by atoms with van der Waals surface area (Å²) in [5, 5.41) is 2.90. The Hall–Kier alpha value is -2.38. The lowest BCUT2D eigenvalue weighted by Gasteiger charge is -2.28. The summed E-state index contributed by atoms with van der Waals surface area (Å²) in [6.07, 6.45) is -8.99. The van der Waals surface area contributed by atoms with Crippen LogP contribution in [-0.2, 0) is 12.4 Å². The number of benzene rings is 4. The highest BCUT2D eigenvalue weighted by atomic mass is 127. The molecular formula is C26H18F6IP. The van der Waals surface area contributed by atoms with Crippen LogP contribution in [0.25, 0.3) is 0 Å². The van der Waals surface area contributed by atoms with Crippen molar-refractivity contribution in [3.8, 4) is 0 Å². The van der Waals surface area contributed by atoms with Crippen LogP contribution >= 0.6 is 7.26 Å². The molecule has 0 fully saturated rings. The minimum absolute atomic E-state index is 0. The van der Waals surface area contributed by atoms with Crippen LogP contribution in [0.2, 0.25) is 0 Å². The maximum Gasteiger partial charge on any atom is 0.416 e. The molecule has 0 spiro atoms. The molecule has 0 unspecified atom stereocenters. The highest BCUT2D eigenvalue weighted by Crippen LogP contribution is 2.54. The van der Waals surface area contributed by atoms with Gasteiger partial charge in [0.25, 0.3) is 0 Å². The van der Waals surface area contributed by atoms with E-state index < -0.39 is 30.7 Å². The second kappa shape index (κ2) is 10.1. The first-order chi connectivity index (χ1) is 15.6. The number of alkyl halides is 6. The molecule has 0 N–H and O–H groups in total. The van der Waals surface area contributed by atoms with E-state index in [-0.39, 0.29) is 24.0 Å². The lowest BCUT2D eigenvalue weighted by Crippen LogP contribution is -3.00. The topological polar surface area (TPSA) is 0 Å². The molecule has 176 valence electrons. The van der Waals surface area contributed by atoms with E-state index in [0.717, 1.165) is 34.9 Å². The predicted molar refractivity (Wildman–Crippen MR) is 121 cm³/mol. The van der Waals surface area contributed by atoms with Crippen LogP contribution in [0.4, 0.5) is 26.3 Å². The van der Waals surface area contributed by atoms with Crippen molar-refractivity contribution in [2.24, 2.45) is 0 Å². The Bertz CT molecular complexity index is 1100. The van der Waals surface area contributed by atoms with Gasteiger partial charge in [0.2, 0.25) is 0 Å². The average Bonchev–Trinajstić information content (AvgIpc) is 2.81. The fourth-order valence-corrected chi connectivity index (χ4v) is 8.17. The van der Waals surface area contributed by atoms with Gasteiger partial charge in [0, 0.05) is 0 Å². The third kappa shape index (κ3) is 5.01. The number of hydrogen-bond donors (Lipinski definition) is 0. The van der Waals surface area contributed by atoms with Crippen LogP contribution in [0.5, 0.6) is 0 Å². The summed E-state index contributed by atoms with van der Waals surface area (Å²) >= 11 is 0. The SMILES string of the molecule is FC(F)(F)c1ccc([P+](c2ccccc2)(c2ccccc2)c2ccc(C(F)(F)F)cc2)cc1.[I-]. The van der Waals surface area contributed by atoms with Crippen molar-refractivity contribution in [3.05, 3.63) is 120 Å². The molecule has 0 amide bonds. The molecule has 0 saturated heterocycles. The molecule has 0 nitrogen and oxygen atoms in total. The fraction of sp³-hybridized carbons (Fsp3) is 0.0769. The van der Waals surface area contributed by atoms with E-state index in [1.54, 1.807) is 0 Å². The van der Waals surface area contributed by atoms with Crippen LogP contribution in [0.15, 0.2) is 109 Å². The van der Waals surface area contributed by atoms with Crippen molar-refractivity contribution in [3.63, 3.8) is 0 Å². The van der Waals surface area contributed by atoms with Gasteiger partial charge in [-0.15, -0.1) is 0 Å². The number of rotatable bonds is 4. The summed E-state index contributed by atoms with van der Waals surface area (Å²) < 4.78 is 79.5. The first-order valence-corrected chi connectivity index (χ1v) is 11.8. The van der Waals surface area contributed by atoms with E-state index in [0.29, 0.717) is 10.6 Å². The molecule has 0 radical (unpaired) electrons. The van der Waals surface area contributed by atoms with Gasteiger partial charge < -0.3 is 24.0 Å². The molecule has 0 heterocycles. The van der Waals surface area contributed by atoms with Gasteiger partial charge in [-0.3, -0.25) is 0 Å². The minimum atomic E-state index is -4.49. The molecule has 4 aromatic carbocycles. The standard InChI is InChI=1S/C26H18F6P.HI/c27-25(28,29)19-11-15-23(16-12-19)33(21-7-3-1-4-8-21,22-9-5-2-6-10-22)24-17-13-20(14-18-24)26(30,31)32;/h1-18H;1H/q+1;/p-1. The highest BCUT2D eigenvalue weighted by molar-refractivity contribution is 8.01. The lowest BCUT2D eigenvalue weighted by molar-refractivity contribution is -0.138. The second-order valence-electron chi connectivity index (χ2n) is 7.43. The molecule has 0 aliphatic rings. The Kier molecular flexibility index (Phi) is 7.78. The largest absolute Gasteiger partial charge is 1.00 e. The van der Waals surface area contributed by atoms with E-state index in [9.17, 15) is 26.3 Å². The summed E-state index contributed by atoms with van der Waals surface area (Å²) in [5.74, 6) is 0. The van der Waals surface area contributed by atoms with Gasteiger partial charge in [-0.25, -0.2) is 0 Å². The molecule has 8 heteroatoms. The average molecular weight is 602 g/mol. The van der Waals surface area contributed by atoms with Crippen LogP contribution in [0.3, 0.4) is 0 Å². The molecule has 4 rings (SSSR count). The molecular weight excluding hydrogens is 584 g/mol. The molecule has 34 heavy (non-hydrogen) atoms. The second-order valence-corrected chi connectivity index (χ2v) is 10.8. The monoisotopic (exact) mass is 602 g/mol. The first-order valence-electron chi connectivity index (χ1n) is 9.99. The van der Waals surface area contributed by atoms with Gasteiger partial charge in [0.05, 0.1) is 11.1 Å². The van der Waals surface area contributed by atoms with Crippen LogP contribution < -0.4 is 45.2 Å². The van der Waals surface area contributed by atoms with Crippen molar-refractivity contribution in [1.82, 2.24) is 0 Å². The van der Waals surface area contributed by atoms with Crippen molar-refractivity contribution < 1.29 is 50.3 Å². The molecule has 0 saturated carbocycles. The molecule has 0 bridgehead atoms. The van der Waals surface area contributed by atoms with Crippen molar-refractivity contribution >= 4 is 28.5 Å². The summed E-state index contributed by atoms with van der Waals surface area (Å²) in [5.41, 5.74) is -1.56.